The Morgan fingerprint density at radius 3 is 2.43 bits per heavy atom. The second kappa shape index (κ2) is 7.45. The van der Waals surface area contributed by atoms with Gasteiger partial charge in [0.25, 0.3) is 0 Å². The third-order valence-corrected chi connectivity index (χ3v) is 3.30. The number of likely N-dealkylation sites (N-methyl/N-ethyl adjacent to an activating group) is 1. The predicted molar refractivity (Wildman–Crippen MR) is 75.9 cm³/mol. The van der Waals surface area contributed by atoms with Crippen LogP contribution in [0.1, 0.15) is 30.0 Å². The van der Waals surface area contributed by atoms with Gasteiger partial charge in [-0.2, -0.15) is 13.2 Å². The standard InChI is InChI=1S/C15H21F3N2O/c1-11-6-4-5-7-12(11)13(20(2)3)10-19-14(21)8-9-15(16,17)18/h4-7,13H,8-10H2,1-3H3,(H,19,21)/t13-/m1/s1. The van der Waals surface area contributed by atoms with Crippen LogP contribution < -0.4 is 5.32 Å². The van der Waals surface area contributed by atoms with E-state index in [0.717, 1.165) is 11.1 Å². The summed E-state index contributed by atoms with van der Waals surface area (Å²) in [6.45, 7) is 2.26. The van der Waals surface area contributed by atoms with Gasteiger partial charge in [-0.25, -0.2) is 0 Å². The van der Waals surface area contributed by atoms with Crippen LogP contribution in [0.3, 0.4) is 0 Å². The van der Waals surface area contributed by atoms with Crippen molar-refractivity contribution < 1.29 is 18.0 Å². The molecule has 0 heterocycles. The molecule has 0 bridgehead atoms. The van der Waals surface area contributed by atoms with Gasteiger partial charge in [-0.15, -0.1) is 0 Å². The van der Waals surface area contributed by atoms with Gasteiger partial charge in [0.05, 0.1) is 12.5 Å². The van der Waals surface area contributed by atoms with Gasteiger partial charge in [-0.3, -0.25) is 4.79 Å². The largest absolute Gasteiger partial charge is 0.389 e. The minimum absolute atomic E-state index is 0.0685. The molecule has 0 aromatic heterocycles. The molecule has 0 spiro atoms. The number of benzene rings is 1. The number of nitrogens with zero attached hydrogens (tertiary/aromatic N) is 1. The van der Waals surface area contributed by atoms with Crippen molar-refractivity contribution in [3.05, 3.63) is 35.4 Å². The lowest BCUT2D eigenvalue weighted by molar-refractivity contribution is -0.144. The minimum atomic E-state index is -4.30. The number of aryl methyl sites for hydroxylation is 1. The molecule has 1 rings (SSSR count). The topological polar surface area (TPSA) is 32.3 Å². The molecule has 6 heteroatoms. The van der Waals surface area contributed by atoms with Crippen molar-refractivity contribution in [2.45, 2.75) is 32.0 Å². The number of carbonyl (C=O) groups is 1. The molecule has 1 atom stereocenters. The van der Waals surface area contributed by atoms with Crippen molar-refractivity contribution in [2.75, 3.05) is 20.6 Å². The van der Waals surface area contributed by atoms with Crippen LogP contribution >= 0.6 is 0 Å². The van der Waals surface area contributed by atoms with Crippen LogP contribution in [-0.4, -0.2) is 37.6 Å². The van der Waals surface area contributed by atoms with E-state index in [-0.39, 0.29) is 12.6 Å². The third kappa shape index (κ3) is 6.16. The van der Waals surface area contributed by atoms with Crippen molar-refractivity contribution in [3.63, 3.8) is 0 Å². The Bertz CT molecular complexity index is 472. The van der Waals surface area contributed by atoms with Gasteiger partial charge < -0.3 is 10.2 Å². The number of nitrogens with one attached hydrogen (secondary N) is 1. The van der Waals surface area contributed by atoms with Gasteiger partial charge in [-0.05, 0) is 32.1 Å². The number of amides is 1. The summed E-state index contributed by atoms with van der Waals surface area (Å²) in [6.07, 6.45) is -5.92. The second-order valence-electron chi connectivity index (χ2n) is 5.26. The molecule has 0 saturated carbocycles. The average Bonchev–Trinajstić information content (AvgIpc) is 2.37. The van der Waals surface area contributed by atoms with Crippen molar-refractivity contribution in [1.82, 2.24) is 10.2 Å². The first kappa shape index (κ1) is 17.5. The Morgan fingerprint density at radius 1 is 1.29 bits per heavy atom. The number of hydrogen-bond acceptors (Lipinski definition) is 2. The van der Waals surface area contributed by atoms with Gasteiger partial charge in [0.15, 0.2) is 0 Å². The Balaban J connectivity index is 2.61. The van der Waals surface area contributed by atoms with Crippen LogP contribution in [0.25, 0.3) is 0 Å². The Hall–Kier alpha value is -1.56. The van der Waals surface area contributed by atoms with Gasteiger partial charge in [0.1, 0.15) is 0 Å². The van der Waals surface area contributed by atoms with Crippen molar-refractivity contribution in [2.24, 2.45) is 0 Å². The van der Waals surface area contributed by atoms with Gasteiger partial charge in [-0.1, -0.05) is 24.3 Å². The minimum Gasteiger partial charge on any atom is -0.354 e. The van der Waals surface area contributed by atoms with E-state index in [2.05, 4.69) is 5.32 Å². The maximum absolute atomic E-state index is 12.1. The van der Waals surface area contributed by atoms with E-state index in [4.69, 9.17) is 0 Å². The zero-order chi connectivity index (χ0) is 16.0. The Kier molecular flexibility index (Phi) is 6.20. The Labute approximate surface area is 123 Å². The highest BCUT2D eigenvalue weighted by molar-refractivity contribution is 5.75. The number of rotatable bonds is 6. The summed E-state index contributed by atoms with van der Waals surface area (Å²) in [5.74, 6) is -0.576. The number of hydrogen-bond donors (Lipinski definition) is 1. The first-order chi connectivity index (χ1) is 9.70. The molecule has 1 amide bonds. The van der Waals surface area contributed by atoms with E-state index in [0.29, 0.717) is 0 Å². The quantitative estimate of drug-likeness (QED) is 0.876. The average molecular weight is 302 g/mol. The van der Waals surface area contributed by atoms with E-state index in [1.54, 1.807) is 0 Å². The molecule has 1 aromatic carbocycles. The molecule has 0 saturated heterocycles. The molecule has 0 aliphatic heterocycles. The lowest BCUT2D eigenvalue weighted by Crippen LogP contribution is -2.35. The number of halogens is 3. The van der Waals surface area contributed by atoms with Crippen LogP contribution in [0.15, 0.2) is 24.3 Å². The molecule has 0 fully saturated rings. The monoisotopic (exact) mass is 302 g/mol. The summed E-state index contributed by atoms with van der Waals surface area (Å²) < 4.78 is 36.2. The maximum Gasteiger partial charge on any atom is 0.389 e. The fourth-order valence-electron chi connectivity index (χ4n) is 2.09. The highest BCUT2D eigenvalue weighted by Crippen LogP contribution is 2.22. The van der Waals surface area contributed by atoms with E-state index >= 15 is 0 Å². The highest BCUT2D eigenvalue weighted by atomic mass is 19.4. The van der Waals surface area contributed by atoms with Crippen molar-refractivity contribution in [1.29, 1.82) is 0 Å². The van der Waals surface area contributed by atoms with E-state index in [9.17, 15) is 18.0 Å². The lowest BCUT2D eigenvalue weighted by Gasteiger charge is -2.26. The first-order valence-corrected chi connectivity index (χ1v) is 6.76. The summed E-state index contributed by atoms with van der Waals surface area (Å²) in [7, 11) is 3.75. The van der Waals surface area contributed by atoms with Gasteiger partial charge in [0.2, 0.25) is 5.91 Å². The molecule has 0 unspecified atom stereocenters. The zero-order valence-electron chi connectivity index (χ0n) is 12.5. The molecule has 0 radical (unpaired) electrons. The number of alkyl halides is 3. The summed E-state index contributed by atoms with van der Waals surface area (Å²) >= 11 is 0. The van der Waals surface area contributed by atoms with Crippen LogP contribution in [0.4, 0.5) is 13.2 Å². The van der Waals surface area contributed by atoms with E-state index in [1.807, 2.05) is 50.2 Å². The van der Waals surface area contributed by atoms with Gasteiger partial charge in [0, 0.05) is 13.0 Å². The molecular weight excluding hydrogens is 281 g/mol. The Morgan fingerprint density at radius 2 is 1.90 bits per heavy atom. The SMILES string of the molecule is Cc1ccccc1[C@@H](CNC(=O)CCC(F)(F)F)N(C)C. The smallest absolute Gasteiger partial charge is 0.354 e. The molecule has 1 N–H and O–H groups in total. The summed E-state index contributed by atoms with van der Waals surface area (Å²) in [4.78, 5) is 13.4. The highest BCUT2D eigenvalue weighted by Gasteiger charge is 2.28. The fourth-order valence-corrected chi connectivity index (χ4v) is 2.09. The van der Waals surface area contributed by atoms with E-state index in [1.165, 1.54) is 0 Å². The van der Waals surface area contributed by atoms with Crippen molar-refractivity contribution in [3.8, 4) is 0 Å². The second-order valence-corrected chi connectivity index (χ2v) is 5.26. The van der Waals surface area contributed by atoms with E-state index < -0.39 is 24.9 Å². The molecule has 1 aromatic rings. The molecule has 0 aliphatic rings. The first-order valence-electron chi connectivity index (χ1n) is 6.76. The molecule has 21 heavy (non-hydrogen) atoms. The summed E-state index contributed by atoms with van der Waals surface area (Å²) in [5.41, 5.74) is 2.14. The molecule has 3 nitrogen and oxygen atoms in total. The van der Waals surface area contributed by atoms with Crippen LogP contribution in [0.5, 0.6) is 0 Å². The van der Waals surface area contributed by atoms with Crippen LogP contribution in [0.2, 0.25) is 0 Å². The summed E-state index contributed by atoms with van der Waals surface area (Å²) in [5, 5.41) is 2.58. The predicted octanol–water partition coefficient (Wildman–Crippen LogP) is 3.06. The molecule has 118 valence electrons. The zero-order valence-corrected chi connectivity index (χ0v) is 12.5. The third-order valence-electron chi connectivity index (χ3n) is 3.30. The van der Waals surface area contributed by atoms with Crippen LogP contribution in [-0.2, 0) is 4.79 Å². The summed E-state index contributed by atoms with van der Waals surface area (Å²) in [6, 6.07) is 7.69. The van der Waals surface area contributed by atoms with Crippen LogP contribution in [0, 0.1) is 6.92 Å². The fraction of sp³-hybridized carbons (Fsp3) is 0.533. The van der Waals surface area contributed by atoms with Crippen molar-refractivity contribution >= 4 is 5.91 Å². The lowest BCUT2D eigenvalue weighted by atomic mass is 10.0. The number of carbonyl (C=O) groups excluding carboxylic acids is 1. The maximum atomic E-state index is 12.1. The normalized spacial score (nSPS) is 13.3. The molecule has 0 aliphatic carbocycles. The van der Waals surface area contributed by atoms with Gasteiger partial charge >= 0.3 is 6.18 Å². The molecular formula is C15H21F3N2O.